The Kier molecular flexibility index (Phi) is 5.25. The van der Waals surface area contributed by atoms with Crippen LogP contribution in [0.5, 0.6) is 0 Å². The van der Waals surface area contributed by atoms with Gasteiger partial charge in [0.2, 0.25) is 0 Å². The summed E-state index contributed by atoms with van der Waals surface area (Å²) in [5.74, 6) is 0. The van der Waals surface area contributed by atoms with Gasteiger partial charge in [0.05, 0.1) is 17.0 Å². The van der Waals surface area contributed by atoms with Crippen molar-refractivity contribution >= 4 is 11.6 Å². The molecule has 1 unspecified atom stereocenters. The van der Waals surface area contributed by atoms with Gasteiger partial charge in [-0.05, 0) is 30.3 Å². The van der Waals surface area contributed by atoms with Gasteiger partial charge in [0.15, 0.2) is 0 Å². The van der Waals surface area contributed by atoms with E-state index < -0.39 is 17.8 Å². The fraction of sp³-hybridized carbons (Fsp3) is 0.158. The van der Waals surface area contributed by atoms with E-state index >= 15 is 0 Å². The lowest BCUT2D eigenvalue weighted by Gasteiger charge is -2.20. The summed E-state index contributed by atoms with van der Waals surface area (Å²) in [6.07, 6.45) is -2.96. The summed E-state index contributed by atoms with van der Waals surface area (Å²) in [6, 6.07) is 13.0. The summed E-state index contributed by atoms with van der Waals surface area (Å²) in [5, 5.41) is 0.460. The zero-order valence-electron chi connectivity index (χ0n) is 13.7. The monoisotopic (exact) mass is 378 g/mol. The molecule has 0 radical (unpaired) electrons. The van der Waals surface area contributed by atoms with Gasteiger partial charge in [0, 0.05) is 35.7 Å². The van der Waals surface area contributed by atoms with Gasteiger partial charge in [-0.3, -0.25) is 9.97 Å². The molecule has 0 amide bonds. The number of hydrogen-bond donors (Lipinski definition) is 0. The van der Waals surface area contributed by atoms with E-state index in [1.54, 1.807) is 48.7 Å². The normalized spacial score (nSPS) is 12.8. The van der Waals surface area contributed by atoms with Crippen LogP contribution in [-0.4, -0.2) is 17.1 Å². The van der Waals surface area contributed by atoms with Gasteiger partial charge in [-0.1, -0.05) is 29.8 Å². The van der Waals surface area contributed by atoms with Gasteiger partial charge in [-0.25, -0.2) is 0 Å². The molecule has 3 nitrogen and oxygen atoms in total. The summed E-state index contributed by atoms with van der Waals surface area (Å²) < 4.78 is 45.1. The largest absolute Gasteiger partial charge is 0.417 e. The maximum Gasteiger partial charge on any atom is 0.417 e. The molecule has 26 heavy (non-hydrogen) atoms. The molecule has 0 saturated carbocycles. The molecule has 0 bridgehead atoms. The summed E-state index contributed by atoms with van der Waals surface area (Å²) in [7, 11) is 1.42. The molecule has 3 aromatic rings. The third-order valence-electron chi connectivity index (χ3n) is 3.82. The summed E-state index contributed by atoms with van der Waals surface area (Å²) in [5.41, 5.74) is 0.858. The molecule has 0 saturated heterocycles. The lowest BCUT2D eigenvalue weighted by atomic mass is 9.97. The van der Waals surface area contributed by atoms with Crippen LogP contribution in [-0.2, 0) is 10.9 Å². The van der Waals surface area contributed by atoms with E-state index in [0.717, 1.165) is 12.3 Å². The molecule has 2 aromatic heterocycles. The van der Waals surface area contributed by atoms with Gasteiger partial charge >= 0.3 is 6.18 Å². The lowest BCUT2D eigenvalue weighted by Crippen LogP contribution is -2.12. The van der Waals surface area contributed by atoms with Crippen LogP contribution in [0.4, 0.5) is 13.2 Å². The van der Waals surface area contributed by atoms with Gasteiger partial charge in [-0.15, -0.1) is 0 Å². The first-order chi connectivity index (χ1) is 12.4. The van der Waals surface area contributed by atoms with Gasteiger partial charge in [0.1, 0.15) is 6.10 Å². The standard InChI is InChI=1S/C19H14ClF3N2O/c1-26-18(16-7-2-3-8-24-16)15-10-13(19(21,22)23)11-25-17(15)12-5-4-6-14(20)9-12/h2-11,18H,1H3. The number of methoxy groups -OCH3 is 1. The highest BCUT2D eigenvalue weighted by atomic mass is 35.5. The Morgan fingerprint density at radius 1 is 1.04 bits per heavy atom. The fourth-order valence-electron chi connectivity index (χ4n) is 2.65. The molecule has 1 atom stereocenters. The van der Waals surface area contributed by atoms with Crippen LogP contribution in [0, 0.1) is 0 Å². The molecule has 3 rings (SSSR count). The fourth-order valence-corrected chi connectivity index (χ4v) is 2.84. The average Bonchev–Trinajstić information content (AvgIpc) is 2.62. The number of nitrogens with zero attached hydrogens (tertiary/aromatic N) is 2. The Labute approximate surface area is 153 Å². The van der Waals surface area contributed by atoms with Crippen LogP contribution in [0.3, 0.4) is 0 Å². The summed E-state index contributed by atoms with van der Waals surface area (Å²) in [6.45, 7) is 0. The van der Waals surface area contributed by atoms with Crippen LogP contribution >= 0.6 is 11.6 Å². The minimum Gasteiger partial charge on any atom is -0.370 e. The van der Waals surface area contributed by atoms with E-state index in [1.807, 2.05) is 0 Å². The molecule has 0 aliphatic rings. The third-order valence-corrected chi connectivity index (χ3v) is 4.05. The molecular weight excluding hydrogens is 365 g/mol. The molecule has 0 aliphatic carbocycles. The van der Waals surface area contributed by atoms with E-state index in [-0.39, 0.29) is 5.56 Å². The molecule has 7 heteroatoms. The predicted molar refractivity (Wildman–Crippen MR) is 92.8 cm³/mol. The zero-order valence-corrected chi connectivity index (χ0v) is 14.4. The summed E-state index contributed by atoms with van der Waals surface area (Å²) >= 11 is 6.03. The molecule has 0 aliphatic heterocycles. The van der Waals surface area contributed by atoms with Crippen LogP contribution in [0.1, 0.15) is 22.9 Å². The number of pyridine rings is 2. The Balaban J connectivity index is 2.22. The van der Waals surface area contributed by atoms with Crippen LogP contribution in [0.15, 0.2) is 60.9 Å². The highest BCUT2D eigenvalue weighted by molar-refractivity contribution is 6.30. The van der Waals surface area contributed by atoms with Crippen LogP contribution in [0.2, 0.25) is 5.02 Å². The van der Waals surface area contributed by atoms with Gasteiger partial charge in [-0.2, -0.15) is 13.2 Å². The smallest absolute Gasteiger partial charge is 0.370 e. The van der Waals surface area contributed by atoms with Crippen molar-refractivity contribution in [3.8, 4) is 11.3 Å². The van der Waals surface area contributed by atoms with Crippen molar-refractivity contribution < 1.29 is 17.9 Å². The second kappa shape index (κ2) is 7.43. The number of benzene rings is 1. The van der Waals surface area contributed by atoms with E-state index in [4.69, 9.17) is 16.3 Å². The van der Waals surface area contributed by atoms with Crippen LogP contribution < -0.4 is 0 Å². The zero-order chi connectivity index (χ0) is 18.7. The van der Waals surface area contributed by atoms with Crippen LogP contribution in [0.25, 0.3) is 11.3 Å². The Morgan fingerprint density at radius 3 is 2.46 bits per heavy atom. The maximum atomic E-state index is 13.2. The first kappa shape index (κ1) is 18.4. The third kappa shape index (κ3) is 3.86. The molecule has 0 fully saturated rings. The lowest BCUT2D eigenvalue weighted by molar-refractivity contribution is -0.137. The topological polar surface area (TPSA) is 35.0 Å². The van der Waals surface area contributed by atoms with E-state index in [9.17, 15) is 13.2 Å². The number of rotatable bonds is 4. The number of aromatic nitrogens is 2. The average molecular weight is 379 g/mol. The molecule has 0 N–H and O–H groups in total. The molecule has 0 spiro atoms. The molecular formula is C19H14ClF3N2O. The molecule has 1 aromatic carbocycles. The molecule has 134 valence electrons. The highest BCUT2D eigenvalue weighted by Crippen LogP contribution is 2.37. The van der Waals surface area contributed by atoms with E-state index in [0.29, 0.717) is 22.0 Å². The van der Waals surface area contributed by atoms with Crippen molar-refractivity contribution in [3.63, 3.8) is 0 Å². The van der Waals surface area contributed by atoms with Crippen molar-refractivity contribution in [1.82, 2.24) is 9.97 Å². The Bertz CT molecular complexity index is 901. The number of ether oxygens (including phenoxy) is 1. The maximum absolute atomic E-state index is 13.2. The first-order valence-electron chi connectivity index (χ1n) is 7.67. The number of halogens is 4. The van der Waals surface area contributed by atoms with Crippen molar-refractivity contribution in [2.24, 2.45) is 0 Å². The van der Waals surface area contributed by atoms with Crippen molar-refractivity contribution in [2.45, 2.75) is 12.3 Å². The Morgan fingerprint density at radius 2 is 1.85 bits per heavy atom. The minimum absolute atomic E-state index is 0.267. The van der Waals surface area contributed by atoms with Crippen molar-refractivity contribution in [3.05, 3.63) is 82.8 Å². The quantitative estimate of drug-likeness (QED) is 0.597. The van der Waals surface area contributed by atoms with Crippen molar-refractivity contribution in [1.29, 1.82) is 0 Å². The summed E-state index contributed by atoms with van der Waals surface area (Å²) in [4.78, 5) is 8.27. The minimum atomic E-state index is -4.52. The number of hydrogen-bond acceptors (Lipinski definition) is 3. The van der Waals surface area contributed by atoms with Gasteiger partial charge < -0.3 is 4.74 Å². The molecule has 2 heterocycles. The van der Waals surface area contributed by atoms with Gasteiger partial charge in [0.25, 0.3) is 0 Å². The van der Waals surface area contributed by atoms with E-state index in [1.165, 1.54) is 7.11 Å². The SMILES string of the molecule is COC(c1ccccn1)c1cc(C(F)(F)F)cnc1-c1cccc(Cl)c1. The number of alkyl halides is 3. The predicted octanol–water partition coefficient (Wildman–Crippen LogP) is 5.55. The second-order valence-electron chi connectivity index (χ2n) is 5.54. The van der Waals surface area contributed by atoms with E-state index in [2.05, 4.69) is 9.97 Å². The Hall–Kier alpha value is -2.44. The van der Waals surface area contributed by atoms with Crippen molar-refractivity contribution in [2.75, 3.05) is 7.11 Å². The second-order valence-corrected chi connectivity index (χ2v) is 5.98. The highest BCUT2D eigenvalue weighted by Gasteiger charge is 2.33. The first-order valence-corrected chi connectivity index (χ1v) is 8.04.